The molecule has 0 radical (unpaired) electrons. The van der Waals surface area contributed by atoms with Crippen LogP contribution in [0.2, 0.25) is 0 Å². The number of hydrogen-bond acceptors (Lipinski definition) is 4. The van der Waals surface area contributed by atoms with Crippen molar-refractivity contribution in [3.63, 3.8) is 0 Å². The summed E-state index contributed by atoms with van der Waals surface area (Å²) in [7, 11) is 3.40. The lowest BCUT2D eigenvalue weighted by molar-refractivity contribution is -0.122. The van der Waals surface area contributed by atoms with E-state index in [0.717, 1.165) is 5.70 Å². The van der Waals surface area contributed by atoms with Gasteiger partial charge in [-0.25, -0.2) is 0 Å². The average molecular weight is 358 g/mol. The molecule has 0 aromatic carbocycles. The first-order chi connectivity index (χ1) is 11.1. The first-order valence-corrected chi connectivity index (χ1v) is 8.48. The third kappa shape index (κ3) is 22.2. The third-order valence-corrected chi connectivity index (χ3v) is 2.93. The number of hydrogen-bond donors (Lipinski definition) is 3. The van der Waals surface area contributed by atoms with Crippen molar-refractivity contribution in [1.29, 1.82) is 0 Å². The molecule has 6 heteroatoms. The van der Waals surface area contributed by atoms with Crippen LogP contribution < -0.4 is 16.0 Å². The monoisotopic (exact) mass is 357 g/mol. The molecule has 0 saturated carbocycles. The summed E-state index contributed by atoms with van der Waals surface area (Å²) in [5.74, 6) is 0.971. The molecular weight excluding hydrogens is 318 g/mol. The van der Waals surface area contributed by atoms with Gasteiger partial charge in [-0.15, -0.1) is 0 Å². The average Bonchev–Trinajstić information content (AvgIpc) is 2.45. The van der Waals surface area contributed by atoms with Gasteiger partial charge >= 0.3 is 0 Å². The fraction of sp³-hybridized carbons (Fsp3) is 0.737. The van der Waals surface area contributed by atoms with E-state index in [9.17, 15) is 14.4 Å². The number of rotatable bonds is 9. The van der Waals surface area contributed by atoms with E-state index < -0.39 is 0 Å². The minimum Gasteiger partial charge on any atom is -0.392 e. The van der Waals surface area contributed by atoms with Gasteiger partial charge in [0.1, 0.15) is 0 Å². The van der Waals surface area contributed by atoms with Gasteiger partial charge in [0.25, 0.3) is 0 Å². The number of carbonyl (C=O) groups is 3. The first-order valence-electron chi connectivity index (χ1n) is 8.48. The second-order valence-electron chi connectivity index (χ2n) is 6.51. The zero-order chi connectivity index (χ0) is 19.1. The molecule has 0 unspecified atom stereocenters. The number of nitrogens with one attached hydrogen (secondary N) is 3. The molecule has 25 heavy (non-hydrogen) atoms. The van der Waals surface area contributed by atoms with Gasteiger partial charge in [0.05, 0.1) is 0 Å². The van der Waals surface area contributed by atoms with Crippen LogP contribution in [0.5, 0.6) is 0 Å². The quantitative estimate of drug-likeness (QED) is 0.554. The minimum absolute atomic E-state index is 0. The fourth-order valence-corrected chi connectivity index (χ4v) is 1.66. The van der Waals surface area contributed by atoms with E-state index in [0.29, 0.717) is 37.6 Å². The summed E-state index contributed by atoms with van der Waals surface area (Å²) in [5.41, 5.74) is 0.927. The molecule has 0 atom stereocenters. The maximum absolute atomic E-state index is 11.1. The standard InChI is InChI=1S/C9H18N2O2.C9H17NO.CH4/c1-7(2)6-9(13)11-5-4-8(12)10-3;1-7(2)5-9(11)6-8(3)10-4;/h7H,4-6H2,1-3H3,(H,10,12)(H,11,13);6-7,10H,5H2,1-4H3;1H4/b;8-6-;. The second-order valence-corrected chi connectivity index (χ2v) is 6.51. The molecule has 0 aliphatic carbocycles. The Morgan fingerprint density at radius 2 is 1.40 bits per heavy atom. The van der Waals surface area contributed by atoms with Crippen molar-refractivity contribution in [2.45, 2.75) is 61.3 Å². The normalized spacial score (nSPS) is 10.4. The Balaban J connectivity index is -0.000000377. The predicted octanol–water partition coefficient (Wildman–Crippen LogP) is 2.65. The lowest BCUT2D eigenvalue weighted by Gasteiger charge is -2.06. The first kappa shape index (κ1) is 28.0. The van der Waals surface area contributed by atoms with Crippen molar-refractivity contribution in [3.05, 3.63) is 11.8 Å². The van der Waals surface area contributed by atoms with E-state index in [4.69, 9.17) is 0 Å². The molecule has 0 aliphatic heterocycles. The highest BCUT2D eigenvalue weighted by atomic mass is 16.2. The lowest BCUT2D eigenvalue weighted by Crippen LogP contribution is -2.29. The Kier molecular flexibility index (Phi) is 19.0. The smallest absolute Gasteiger partial charge is 0.221 e. The topological polar surface area (TPSA) is 87.3 Å². The van der Waals surface area contributed by atoms with E-state index in [1.807, 2.05) is 41.7 Å². The van der Waals surface area contributed by atoms with Crippen LogP contribution in [-0.2, 0) is 14.4 Å². The summed E-state index contributed by atoms with van der Waals surface area (Å²) in [6.45, 7) is 10.4. The van der Waals surface area contributed by atoms with Gasteiger partial charge in [-0.1, -0.05) is 35.1 Å². The van der Waals surface area contributed by atoms with Crippen molar-refractivity contribution >= 4 is 17.6 Å². The van der Waals surface area contributed by atoms with Crippen LogP contribution in [0.1, 0.15) is 61.3 Å². The predicted molar refractivity (Wildman–Crippen MR) is 105 cm³/mol. The van der Waals surface area contributed by atoms with Crippen LogP contribution in [0.3, 0.4) is 0 Å². The van der Waals surface area contributed by atoms with Crippen molar-refractivity contribution in [3.8, 4) is 0 Å². The van der Waals surface area contributed by atoms with Gasteiger partial charge in [0, 0.05) is 45.6 Å². The van der Waals surface area contributed by atoms with Gasteiger partial charge in [-0.05, 0) is 24.8 Å². The number of carbonyl (C=O) groups excluding carboxylic acids is 3. The van der Waals surface area contributed by atoms with Crippen molar-refractivity contribution in [2.75, 3.05) is 20.6 Å². The second kappa shape index (κ2) is 17.0. The summed E-state index contributed by atoms with van der Waals surface area (Å²) in [6.07, 6.45) is 3.16. The van der Waals surface area contributed by atoms with Crippen molar-refractivity contribution in [2.24, 2.45) is 11.8 Å². The highest BCUT2D eigenvalue weighted by Crippen LogP contribution is 2.01. The molecule has 0 spiro atoms. The highest BCUT2D eigenvalue weighted by Gasteiger charge is 2.04. The molecule has 0 aromatic heterocycles. The molecule has 0 fully saturated rings. The SMILES string of the molecule is C.CN/C(C)=C\C(=O)CC(C)C.CNC(=O)CCNC(=O)CC(C)C. The largest absolute Gasteiger partial charge is 0.392 e. The van der Waals surface area contributed by atoms with Gasteiger partial charge < -0.3 is 16.0 Å². The molecule has 0 heterocycles. The highest BCUT2D eigenvalue weighted by molar-refractivity contribution is 5.90. The van der Waals surface area contributed by atoms with Crippen LogP contribution in [0.15, 0.2) is 11.8 Å². The van der Waals surface area contributed by atoms with Crippen LogP contribution in [0.4, 0.5) is 0 Å². The Morgan fingerprint density at radius 1 is 0.880 bits per heavy atom. The van der Waals surface area contributed by atoms with E-state index in [1.165, 1.54) is 0 Å². The maximum Gasteiger partial charge on any atom is 0.221 e. The molecule has 6 nitrogen and oxygen atoms in total. The van der Waals surface area contributed by atoms with E-state index in [-0.39, 0.29) is 25.0 Å². The Morgan fingerprint density at radius 3 is 1.80 bits per heavy atom. The summed E-state index contributed by atoms with van der Waals surface area (Å²) in [5, 5.41) is 8.08. The minimum atomic E-state index is -0.0511. The molecule has 3 N–H and O–H groups in total. The molecule has 2 amide bonds. The van der Waals surface area contributed by atoms with E-state index >= 15 is 0 Å². The van der Waals surface area contributed by atoms with Crippen LogP contribution in [-0.4, -0.2) is 38.2 Å². The van der Waals surface area contributed by atoms with Crippen LogP contribution in [0.25, 0.3) is 0 Å². The zero-order valence-electron chi connectivity index (χ0n) is 16.3. The molecule has 0 saturated heterocycles. The summed E-state index contributed by atoms with van der Waals surface area (Å²) in [4.78, 5) is 32.9. The lowest BCUT2D eigenvalue weighted by atomic mass is 10.1. The molecule has 0 rings (SSSR count). The number of amides is 2. The van der Waals surface area contributed by atoms with Crippen LogP contribution >= 0.6 is 0 Å². The Labute approximate surface area is 154 Å². The molecular formula is C19H39N3O3. The molecule has 0 aromatic rings. The molecule has 0 aliphatic rings. The van der Waals surface area contributed by atoms with Gasteiger partial charge in [-0.3, -0.25) is 14.4 Å². The van der Waals surface area contributed by atoms with Crippen molar-refractivity contribution < 1.29 is 14.4 Å². The third-order valence-electron chi connectivity index (χ3n) is 2.93. The summed E-state index contributed by atoms with van der Waals surface area (Å²) in [6, 6.07) is 0. The Hall–Kier alpha value is -1.85. The zero-order valence-corrected chi connectivity index (χ0v) is 16.3. The van der Waals surface area contributed by atoms with E-state index in [2.05, 4.69) is 16.0 Å². The number of ketones is 1. The van der Waals surface area contributed by atoms with Gasteiger partial charge in [0.15, 0.2) is 5.78 Å². The van der Waals surface area contributed by atoms with Crippen LogP contribution in [0, 0.1) is 11.8 Å². The fourth-order valence-electron chi connectivity index (χ4n) is 1.66. The van der Waals surface area contributed by atoms with E-state index in [1.54, 1.807) is 13.1 Å². The molecule has 148 valence electrons. The van der Waals surface area contributed by atoms with Crippen molar-refractivity contribution in [1.82, 2.24) is 16.0 Å². The number of allylic oxidation sites excluding steroid dienone is 2. The van der Waals surface area contributed by atoms with Gasteiger partial charge in [-0.2, -0.15) is 0 Å². The van der Waals surface area contributed by atoms with Gasteiger partial charge in [0.2, 0.25) is 11.8 Å². The summed E-state index contributed by atoms with van der Waals surface area (Å²) >= 11 is 0. The molecule has 0 bridgehead atoms. The Bertz CT molecular complexity index is 416. The maximum atomic E-state index is 11.1. The summed E-state index contributed by atoms with van der Waals surface area (Å²) < 4.78 is 0.